The summed E-state index contributed by atoms with van der Waals surface area (Å²) in [6, 6.07) is 10.1. The molecule has 1 aromatic heterocycles. The first kappa shape index (κ1) is 35.2. The zero-order valence-corrected chi connectivity index (χ0v) is 28.0. The number of piperazine rings is 1. The van der Waals surface area contributed by atoms with Gasteiger partial charge in [-0.25, -0.2) is 17.2 Å². The zero-order chi connectivity index (χ0) is 34.3. The second kappa shape index (κ2) is 15.9. The Morgan fingerprint density at radius 3 is 2.23 bits per heavy atom. The van der Waals surface area contributed by atoms with Crippen molar-refractivity contribution < 1.29 is 31.4 Å². The highest BCUT2D eigenvalue weighted by Crippen LogP contribution is 2.43. The Morgan fingerprint density at radius 2 is 1.56 bits per heavy atom. The van der Waals surface area contributed by atoms with Gasteiger partial charge in [0.05, 0.1) is 34.5 Å². The lowest BCUT2D eigenvalue weighted by Crippen LogP contribution is -2.46. The Hall–Kier alpha value is -4.08. The minimum absolute atomic E-state index is 0.00277. The van der Waals surface area contributed by atoms with Gasteiger partial charge in [-0.1, -0.05) is 29.3 Å². The second-order valence-electron chi connectivity index (χ2n) is 10.7. The Labute approximate surface area is 286 Å². The van der Waals surface area contributed by atoms with Crippen molar-refractivity contribution in [3.8, 4) is 23.0 Å². The Bertz CT molecular complexity index is 1870. The molecule has 0 unspecified atom stereocenters. The van der Waals surface area contributed by atoms with Gasteiger partial charge in [0.2, 0.25) is 0 Å². The minimum Gasteiger partial charge on any atom is -0.490 e. The molecule has 0 aliphatic carbocycles. The molecule has 0 spiro atoms. The average Bonchev–Trinajstić information content (AvgIpc) is 3.04. The molecule has 0 bridgehead atoms. The molecular formula is C32H32Cl2F2N6O5S. The van der Waals surface area contributed by atoms with E-state index in [9.17, 15) is 17.2 Å². The first-order valence-electron chi connectivity index (χ1n) is 14.7. The number of nitrogens with zero attached hydrogens (tertiary/aromatic N) is 5. The SMILES string of the molecule is C=NCOc1cc2c(Oc3c(Cl)cc(NS(=O)(=O)c4c(F)cccc4F)cc3Cl)ccnc2cc1OCCCN1CCN(CN=C)CC1. The van der Waals surface area contributed by atoms with Crippen LogP contribution in [-0.4, -0.2) is 89.4 Å². The lowest BCUT2D eigenvalue weighted by atomic mass is 10.1. The predicted molar refractivity (Wildman–Crippen MR) is 183 cm³/mol. The van der Waals surface area contributed by atoms with Crippen LogP contribution in [0.1, 0.15) is 6.42 Å². The van der Waals surface area contributed by atoms with Crippen LogP contribution in [0.25, 0.3) is 10.9 Å². The molecule has 1 aliphatic heterocycles. The number of anilines is 1. The molecule has 3 aromatic carbocycles. The van der Waals surface area contributed by atoms with Gasteiger partial charge in [0, 0.05) is 50.4 Å². The molecule has 4 aromatic rings. The number of ether oxygens (including phenoxy) is 3. The van der Waals surface area contributed by atoms with Gasteiger partial charge >= 0.3 is 0 Å². The molecule has 0 atom stereocenters. The van der Waals surface area contributed by atoms with Crippen molar-refractivity contribution in [3.05, 3.63) is 76.4 Å². The fraction of sp³-hybridized carbons (Fsp3) is 0.281. The summed E-state index contributed by atoms with van der Waals surface area (Å²) < 4.78 is 74.0. The maximum absolute atomic E-state index is 14.2. The molecule has 1 saturated heterocycles. The molecule has 254 valence electrons. The molecule has 0 amide bonds. The fourth-order valence-corrected chi connectivity index (χ4v) is 6.84. The van der Waals surface area contributed by atoms with Crippen LogP contribution in [0.2, 0.25) is 10.0 Å². The number of pyridine rings is 1. The number of fused-ring (bicyclic) bond motifs is 1. The van der Waals surface area contributed by atoms with Crippen LogP contribution in [0.15, 0.2) is 69.6 Å². The maximum Gasteiger partial charge on any atom is 0.267 e. The Morgan fingerprint density at radius 1 is 0.896 bits per heavy atom. The quantitative estimate of drug-likeness (QED) is 0.109. The van der Waals surface area contributed by atoms with E-state index in [2.05, 4.69) is 42.9 Å². The van der Waals surface area contributed by atoms with Crippen molar-refractivity contribution in [1.29, 1.82) is 0 Å². The summed E-state index contributed by atoms with van der Waals surface area (Å²) in [5.74, 6) is -1.34. The summed E-state index contributed by atoms with van der Waals surface area (Å²) in [7, 11) is -4.66. The van der Waals surface area contributed by atoms with Crippen LogP contribution in [0, 0.1) is 11.6 Å². The van der Waals surface area contributed by atoms with Crippen LogP contribution >= 0.6 is 23.2 Å². The van der Waals surface area contributed by atoms with Crippen LogP contribution in [0.4, 0.5) is 14.5 Å². The third kappa shape index (κ3) is 8.49. The number of halogens is 4. The standard InChI is InChI=1S/C32H32Cl2F2N6O5S/c1-37-19-42-12-10-41(11-13-42)9-4-14-45-30-18-27-22(17-29(30)46-20-38-2)28(7-8-39-27)47-31-23(33)15-21(16-24(31)34)40-48(43,44)32-25(35)5-3-6-26(32)36/h3,5-8,15-18,40H,1-2,4,9-14,19-20H2. The molecule has 1 aliphatic rings. The molecule has 0 saturated carbocycles. The van der Waals surface area contributed by atoms with Crippen LogP contribution in [-0.2, 0) is 10.0 Å². The molecule has 5 rings (SSSR count). The van der Waals surface area contributed by atoms with E-state index in [0.29, 0.717) is 41.4 Å². The zero-order valence-electron chi connectivity index (χ0n) is 25.7. The Balaban J connectivity index is 1.32. The smallest absolute Gasteiger partial charge is 0.267 e. The lowest BCUT2D eigenvalue weighted by molar-refractivity contribution is 0.128. The van der Waals surface area contributed by atoms with Crippen molar-refractivity contribution in [2.45, 2.75) is 11.3 Å². The topological polar surface area (TPSA) is 118 Å². The van der Waals surface area contributed by atoms with Gasteiger partial charge in [-0.2, -0.15) is 0 Å². The summed E-state index contributed by atoms with van der Waals surface area (Å²) in [5.41, 5.74) is 0.387. The third-order valence-corrected chi connectivity index (χ3v) is 9.36. The number of aliphatic imine (C=N–C) groups is 2. The number of hydrogen-bond acceptors (Lipinski definition) is 10. The highest BCUT2D eigenvalue weighted by Gasteiger charge is 2.25. The summed E-state index contributed by atoms with van der Waals surface area (Å²) in [5, 5.41) is 0.373. The van der Waals surface area contributed by atoms with Gasteiger partial charge in [-0.3, -0.25) is 24.6 Å². The van der Waals surface area contributed by atoms with Crippen LogP contribution in [0.5, 0.6) is 23.0 Å². The maximum atomic E-state index is 14.2. The number of aromatic nitrogens is 1. The van der Waals surface area contributed by atoms with Gasteiger partial charge in [0.15, 0.2) is 28.9 Å². The number of rotatable bonds is 15. The van der Waals surface area contributed by atoms with E-state index in [-0.39, 0.29) is 28.2 Å². The van der Waals surface area contributed by atoms with E-state index in [1.54, 1.807) is 18.2 Å². The number of nitrogens with one attached hydrogen (secondary N) is 1. The van der Waals surface area contributed by atoms with Gasteiger partial charge in [-0.05, 0) is 56.3 Å². The molecule has 1 N–H and O–H groups in total. The number of hydrogen-bond donors (Lipinski definition) is 1. The first-order valence-corrected chi connectivity index (χ1v) is 16.9. The van der Waals surface area contributed by atoms with Crippen molar-refractivity contribution in [2.75, 3.05) is 57.5 Å². The average molecular weight is 722 g/mol. The third-order valence-electron chi connectivity index (χ3n) is 7.37. The molecule has 11 nitrogen and oxygen atoms in total. The minimum atomic E-state index is -4.66. The van der Waals surface area contributed by atoms with E-state index >= 15 is 0 Å². The largest absolute Gasteiger partial charge is 0.490 e. The van der Waals surface area contributed by atoms with Gasteiger partial charge in [-0.15, -0.1) is 0 Å². The summed E-state index contributed by atoms with van der Waals surface area (Å²) in [6.45, 7) is 12.8. The monoisotopic (exact) mass is 720 g/mol. The second-order valence-corrected chi connectivity index (χ2v) is 13.1. The van der Waals surface area contributed by atoms with E-state index in [1.807, 2.05) is 0 Å². The van der Waals surface area contributed by atoms with Gasteiger partial charge < -0.3 is 19.1 Å². The molecule has 1 fully saturated rings. The van der Waals surface area contributed by atoms with E-state index in [1.165, 1.54) is 18.3 Å². The highest BCUT2D eigenvalue weighted by atomic mass is 35.5. The summed E-state index contributed by atoms with van der Waals surface area (Å²) in [6.07, 6.45) is 2.33. The van der Waals surface area contributed by atoms with Crippen molar-refractivity contribution in [3.63, 3.8) is 0 Å². The Kier molecular flexibility index (Phi) is 11.7. The molecule has 48 heavy (non-hydrogen) atoms. The number of sulfonamides is 1. The fourth-order valence-electron chi connectivity index (χ4n) is 5.10. The van der Waals surface area contributed by atoms with E-state index < -0.39 is 26.6 Å². The van der Waals surface area contributed by atoms with Crippen LogP contribution in [0.3, 0.4) is 0 Å². The van der Waals surface area contributed by atoms with Gasteiger partial charge in [0.1, 0.15) is 17.4 Å². The van der Waals surface area contributed by atoms with Crippen LogP contribution < -0.4 is 18.9 Å². The van der Waals surface area contributed by atoms with Crippen molar-refractivity contribution >= 4 is 63.3 Å². The van der Waals surface area contributed by atoms with Crippen molar-refractivity contribution in [1.82, 2.24) is 14.8 Å². The predicted octanol–water partition coefficient (Wildman–Crippen LogP) is 6.49. The normalized spacial score (nSPS) is 14.1. The number of benzene rings is 3. The van der Waals surface area contributed by atoms with E-state index in [0.717, 1.165) is 57.3 Å². The van der Waals surface area contributed by atoms with Crippen molar-refractivity contribution in [2.24, 2.45) is 9.98 Å². The van der Waals surface area contributed by atoms with E-state index in [4.69, 9.17) is 37.4 Å². The molecular weight excluding hydrogens is 689 g/mol. The summed E-state index contributed by atoms with van der Waals surface area (Å²) >= 11 is 12.9. The first-order chi connectivity index (χ1) is 23.1. The lowest BCUT2D eigenvalue weighted by Gasteiger charge is -2.33. The summed E-state index contributed by atoms with van der Waals surface area (Å²) in [4.78, 5) is 15.7. The van der Waals surface area contributed by atoms with Gasteiger partial charge in [0.25, 0.3) is 10.0 Å². The molecule has 0 radical (unpaired) electrons. The molecule has 16 heteroatoms. The molecule has 2 heterocycles. The highest BCUT2D eigenvalue weighted by molar-refractivity contribution is 7.92.